The SMILES string of the molecule is COc1cc(C=NN2C(=O)[C@@H]3[C@H](C2=O)[C@H]2C=C[C@H]3C2)cc(I)c1OCC(=O)Nc1ccccc1. The summed E-state index contributed by atoms with van der Waals surface area (Å²) in [4.78, 5) is 37.8. The van der Waals surface area contributed by atoms with Gasteiger partial charge < -0.3 is 14.8 Å². The van der Waals surface area contributed by atoms with Crippen LogP contribution in [0.5, 0.6) is 11.5 Å². The van der Waals surface area contributed by atoms with Gasteiger partial charge in [-0.1, -0.05) is 30.4 Å². The zero-order valence-corrected chi connectivity index (χ0v) is 20.5. The van der Waals surface area contributed by atoms with Gasteiger partial charge in [0, 0.05) is 5.69 Å². The number of allylic oxidation sites excluding steroid dienone is 2. The summed E-state index contributed by atoms with van der Waals surface area (Å²) in [6, 6.07) is 12.6. The van der Waals surface area contributed by atoms with Gasteiger partial charge in [-0.3, -0.25) is 14.4 Å². The molecule has 3 aliphatic rings. The Bertz CT molecular complexity index is 1180. The van der Waals surface area contributed by atoms with Crippen molar-refractivity contribution in [3.63, 3.8) is 0 Å². The standard InChI is InChI=1S/C25H22IN3O5/c1-33-19-10-14(9-18(26)23(19)34-13-20(30)28-17-5-3-2-4-6-17)12-27-29-24(31)21-15-7-8-16(11-15)22(21)25(29)32/h2-10,12,15-16,21-22H,11,13H2,1H3,(H,28,30)/t15-,16-,21-,22+/m0/s1. The van der Waals surface area contributed by atoms with Gasteiger partial charge >= 0.3 is 0 Å². The van der Waals surface area contributed by atoms with Crippen molar-refractivity contribution in [2.24, 2.45) is 28.8 Å². The number of benzene rings is 2. The lowest BCUT2D eigenvalue weighted by molar-refractivity contribution is -0.140. The molecule has 4 atom stereocenters. The molecule has 0 aromatic heterocycles. The molecule has 1 saturated carbocycles. The predicted molar refractivity (Wildman–Crippen MR) is 133 cm³/mol. The normalized spacial score (nSPS) is 24.7. The number of carbonyl (C=O) groups excluding carboxylic acids is 3. The fourth-order valence-electron chi connectivity index (χ4n) is 4.94. The highest BCUT2D eigenvalue weighted by Crippen LogP contribution is 2.52. The molecule has 174 valence electrons. The van der Waals surface area contributed by atoms with E-state index in [2.05, 4.69) is 45.2 Å². The molecule has 2 fully saturated rings. The van der Waals surface area contributed by atoms with Gasteiger partial charge in [0.2, 0.25) is 0 Å². The highest BCUT2D eigenvalue weighted by Gasteiger charge is 2.59. The summed E-state index contributed by atoms with van der Waals surface area (Å²) in [5, 5.41) is 8.00. The Morgan fingerprint density at radius 3 is 2.47 bits per heavy atom. The molecule has 0 spiro atoms. The van der Waals surface area contributed by atoms with E-state index in [0.29, 0.717) is 26.3 Å². The maximum absolute atomic E-state index is 12.8. The minimum Gasteiger partial charge on any atom is -0.493 e. The first kappa shape index (κ1) is 22.6. The van der Waals surface area contributed by atoms with Crippen LogP contribution in [0.3, 0.4) is 0 Å². The van der Waals surface area contributed by atoms with Crippen LogP contribution >= 0.6 is 22.6 Å². The van der Waals surface area contributed by atoms with E-state index in [-0.39, 0.29) is 48.0 Å². The van der Waals surface area contributed by atoms with E-state index < -0.39 is 0 Å². The van der Waals surface area contributed by atoms with E-state index in [1.54, 1.807) is 24.3 Å². The lowest BCUT2D eigenvalue weighted by Gasteiger charge is -2.14. The number of halogens is 1. The third-order valence-corrected chi connectivity index (χ3v) is 7.23. The number of nitrogens with one attached hydrogen (secondary N) is 1. The molecule has 9 heteroatoms. The van der Waals surface area contributed by atoms with Gasteiger partial charge in [0.05, 0.1) is 28.7 Å². The number of ether oxygens (including phenoxy) is 2. The molecule has 5 rings (SSSR count). The van der Waals surface area contributed by atoms with Crippen molar-refractivity contribution in [3.05, 3.63) is 63.8 Å². The smallest absolute Gasteiger partial charge is 0.262 e. The van der Waals surface area contributed by atoms with Gasteiger partial charge in [-0.25, -0.2) is 0 Å². The fourth-order valence-corrected chi connectivity index (χ4v) is 5.72. The number of fused-ring (bicyclic) bond motifs is 5. The van der Waals surface area contributed by atoms with Crippen molar-refractivity contribution in [2.75, 3.05) is 19.0 Å². The van der Waals surface area contributed by atoms with E-state index >= 15 is 0 Å². The molecular formula is C25H22IN3O5. The molecule has 8 nitrogen and oxygen atoms in total. The molecule has 34 heavy (non-hydrogen) atoms. The van der Waals surface area contributed by atoms with Crippen LogP contribution in [0.25, 0.3) is 0 Å². The topological polar surface area (TPSA) is 97.3 Å². The van der Waals surface area contributed by atoms with Crippen molar-refractivity contribution in [1.82, 2.24) is 5.01 Å². The Hall–Kier alpha value is -3.21. The number of methoxy groups -OCH3 is 1. The third-order valence-electron chi connectivity index (χ3n) is 6.43. The van der Waals surface area contributed by atoms with Gasteiger partial charge in [-0.15, -0.1) is 0 Å². The molecule has 2 bridgehead atoms. The van der Waals surface area contributed by atoms with Crippen LogP contribution in [-0.2, 0) is 14.4 Å². The average molecular weight is 571 g/mol. The molecule has 2 aromatic carbocycles. The quantitative estimate of drug-likeness (QED) is 0.238. The second kappa shape index (κ2) is 9.21. The Morgan fingerprint density at radius 2 is 1.82 bits per heavy atom. The molecule has 2 aromatic rings. The van der Waals surface area contributed by atoms with Crippen LogP contribution in [0.15, 0.2) is 59.7 Å². The first-order valence-electron chi connectivity index (χ1n) is 10.9. The molecular weight excluding hydrogens is 549 g/mol. The summed E-state index contributed by atoms with van der Waals surface area (Å²) >= 11 is 2.08. The molecule has 0 unspecified atom stereocenters. The van der Waals surface area contributed by atoms with Crippen molar-refractivity contribution in [2.45, 2.75) is 6.42 Å². The second-order valence-electron chi connectivity index (χ2n) is 8.47. The van der Waals surface area contributed by atoms with Crippen LogP contribution in [0.4, 0.5) is 5.69 Å². The number of hydrogen-bond acceptors (Lipinski definition) is 6. The summed E-state index contributed by atoms with van der Waals surface area (Å²) in [7, 11) is 1.50. The minimum atomic E-state index is -0.297. The number of hydrogen-bond donors (Lipinski definition) is 1. The van der Waals surface area contributed by atoms with Gasteiger partial charge in [-0.2, -0.15) is 10.1 Å². The van der Waals surface area contributed by atoms with Crippen molar-refractivity contribution in [3.8, 4) is 11.5 Å². The molecule has 1 aliphatic heterocycles. The number of imide groups is 1. The average Bonchev–Trinajstić information content (AvgIpc) is 3.51. The van der Waals surface area contributed by atoms with E-state index in [1.807, 2.05) is 18.2 Å². The number of carbonyl (C=O) groups is 3. The van der Waals surface area contributed by atoms with E-state index in [4.69, 9.17) is 9.47 Å². The zero-order valence-electron chi connectivity index (χ0n) is 18.3. The summed E-state index contributed by atoms with van der Waals surface area (Å²) < 4.78 is 11.9. The first-order valence-corrected chi connectivity index (χ1v) is 12.0. The predicted octanol–water partition coefficient (Wildman–Crippen LogP) is 3.46. The third kappa shape index (κ3) is 4.08. The highest BCUT2D eigenvalue weighted by atomic mass is 127. The number of nitrogens with zero attached hydrogens (tertiary/aromatic N) is 2. The summed E-state index contributed by atoms with van der Waals surface area (Å²) in [5.74, 6) is -0.197. The van der Waals surface area contributed by atoms with Crippen LogP contribution in [0.2, 0.25) is 0 Å². The Labute approximate surface area is 210 Å². The molecule has 1 N–H and O–H groups in total. The molecule has 1 heterocycles. The minimum absolute atomic E-state index is 0.142. The molecule has 2 aliphatic carbocycles. The van der Waals surface area contributed by atoms with Crippen LogP contribution in [-0.4, -0.2) is 42.7 Å². The van der Waals surface area contributed by atoms with Gasteiger partial charge in [0.1, 0.15) is 0 Å². The lowest BCUT2D eigenvalue weighted by atomic mass is 9.85. The number of rotatable bonds is 7. The largest absolute Gasteiger partial charge is 0.493 e. The number of para-hydroxylation sites is 1. The van der Waals surface area contributed by atoms with Crippen molar-refractivity contribution >= 4 is 52.2 Å². The van der Waals surface area contributed by atoms with Crippen LogP contribution in [0, 0.1) is 27.2 Å². The van der Waals surface area contributed by atoms with Gasteiger partial charge in [0.25, 0.3) is 17.7 Å². The molecule has 3 amide bonds. The fraction of sp³-hybridized carbons (Fsp3) is 0.280. The van der Waals surface area contributed by atoms with E-state index in [9.17, 15) is 14.4 Å². The summed E-state index contributed by atoms with van der Waals surface area (Å²) in [6.07, 6.45) is 6.46. The van der Waals surface area contributed by atoms with E-state index in [0.717, 1.165) is 11.4 Å². The second-order valence-corrected chi connectivity index (χ2v) is 9.63. The van der Waals surface area contributed by atoms with Crippen molar-refractivity contribution < 1.29 is 23.9 Å². The number of amides is 3. The Morgan fingerprint density at radius 1 is 1.15 bits per heavy atom. The van der Waals surface area contributed by atoms with Gasteiger partial charge in [0.15, 0.2) is 18.1 Å². The number of anilines is 1. The van der Waals surface area contributed by atoms with Gasteiger partial charge in [-0.05, 0) is 70.7 Å². The molecule has 1 saturated heterocycles. The number of hydrazone groups is 1. The van der Waals surface area contributed by atoms with E-state index in [1.165, 1.54) is 13.3 Å². The first-order chi connectivity index (χ1) is 16.5. The molecule has 0 radical (unpaired) electrons. The van der Waals surface area contributed by atoms with Crippen LogP contribution < -0.4 is 14.8 Å². The highest BCUT2D eigenvalue weighted by molar-refractivity contribution is 14.1. The summed E-state index contributed by atoms with van der Waals surface area (Å²) in [6.45, 7) is -0.190. The Balaban J connectivity index is 1.27. The monoisotopic (exact) mass is 571 g/mol. The maximum atomic E-state index is 12.8. The zero-order chi connectivity index (χ0) is 23.8. The Kier molecular flexibility index (Phi) is 6.11. The lowest BCUT2D eigenvalue weighted by Crippen LogP contribution is -2.28. The van der Waals surface area contributed by atoms with Crippen LogP contribution in [0.1, 0.15) is 12.0 Å². The maximum Gasteiger partial charge on any atom is 0.262 e. The summed E-state index contributed by atoms with van der Waals surface area (Å²) in [5.41, 5.74) is 1.32. The van der Waals surface area contributed by atoms with Crippen molar-refractivity contribution in [1.29, 1.82) is 0 Å².